The highest BCUT2D eigenvalue weighted by molar-refractivity contribution is 14.1. The van der Waals surface area contributed by atoms with Crippen LogP contribution in [0.2, 0.25) is 0 Å². The van der Waals surface area contributed by atoms with Crippen LogP contribution in [0.15, 0.2) is 71.2 Å². The molecule has 0 spiro atoms. The van der Waals surface area contributed by atoms with E-state index in [0.717, 1.165) is 4.47 Å². The van der Waals surface area contributed by atoms with E-state index in [9.17, 15) is 0 Å². The molecule has 0 aliphatic heterocycles. The molecule has 0 atom stereocenters. The maximum absolute atomic E-state index is 3.60. The number of benzene rings is 3. The van der Waals surface area contributed by atoms with Crippen LogP contribution in [0.5, 0.6) is 0 Å². The average Bonchev–Trinajstić information content (AvgIpc) is 2.80. The van der Waals surface area contributed by atoms with Gasteiger partial charge in [-0.3, -0.25) is 0 Å². The molecule has 0 aliphatic carbocycles. The fourth-order valence-electron chi connectivity index (χ4n) is 2.82. The van der Waals surface area contributed by atoms with E-state index in [1.807, 2.05) is 0 Å². The highest BCUT2D eigenvalue weighted by Gasteiger charge is 2.12. The van der Waals surface area contributed by atoms with Gasteiger partial charge in [0.2, 0.25) is 0 Å². The van der Waals surface area contributed by atoms with E-state index < -0.39 is 0 Å². The molecule has 102 valence electrons. The smallest absolute Gasteiger partial charge is 0.0552 e. The molecule has 3 aromatic carbocycles. The van der Waals surface area contributed by atoms with Gasteiger partial charge in [-0.2, -0.15) is 0 Å². The molecule has 0 saturated heterocycles. The third kappa shape index (κ3) is 2.19. The maximum atomic E-state index is 3.60. The number of halogens is 2. The molecule has 0 radical (unpaired) electrons. The summed E-state index contributed by atoms with van der Waals surface area (Å²) in [6.45, 7) is 0. The summed E-state index contributed by atoms with van der Waals surface area (Å²) in [6.07, 6.45) is 0. The van der Waals surface area contributed by atoms with Crippen LogP contribution in [0.3, 0.4) is 0 Å². The summed E-state index contributed by atoms with van der Waals surface area (Å²) in [6, 6.07) is 23.6. The minimum Gasteiger partial charge on any atom is -0.309 e. The Kier molecular flexibility index (Phi) is 3.27. The van der Waals surface area contributed by atoms with Crippen LogP contribution in [0.1, 0.15) is 0 Å². The van der Waals surface area contributed by atoms with Gasteiger partial charge < -0.3 is 4.57 Å². The van der Waals surface area contributed by atoms with Gasteiger partial charge in [0.1, 0.15) is 0 Å². The van der Waals surface area contributed by atoms with Gasteiger partial charge in [-0.15, -0.1) is 0 Å². The van der Waals surface area contributed by atoms with Crippen molar-refractivity contribution in [2.75, 3.05) is 0 Å². The van der Waals surface area contributed by atoms with Crippen LogP contribution < -0.4 is 0 Å². The lowest BCUT2D eigenvalue weighted by Gasteiger charge is -2.07. The van der Waals surface area contributed by atoms with Gasteiger partial charge in [0.25, 0.3) is 0 Å². The Labute approximate surface area is 144 Å². The van der Waals surface area contributed by atoms with Crippen molar-refractivity contribution in [1.29, 1.82) is 0 Å². The number of hydrogen-bond acceptors (Lipinski definition) is 0. The minimum atomic E-state index is 1.10. The molecule has 1 heterocycles. The molecule has 0 aliphatic rings. The van der Waals surface area contributed by atoms with E-state index in [1.165, 1.54) is 31.1 Å². The lowest BCUT2D eigenvalue weighted by Crippen LogP contribution is -1.93. The SMILES string of the molecule is Brc1ccc2c3ccc(I)cc3n(-c3ccccc3)c2c1. The summed E-state index contributed by atoms with van der Waals surface area (Å²) in [7, 11) is 0. The van der Waals surface area contributed by atoms with E-state index in [4.69, 9.17) is 0 Å². The summed E-state index contributed by atoms with van der Waals surface area (Å²) in [5.74, 6) is 0. The second kappa shape index (κ2) is 5.14. The van der Waals surface area contributed by atoms with E-state index in [-0.39, 0.29) is 0 Å². The predicted octanol–water partition coefficient (Wildman–Crippen LogP) is 6.15. The molecule has 4 aromatic rings. The van der Waals surface area contributed by atoms with Crippen molar-refractivity contribution >= 4 is 60.3 Å². The molecule has 1 aromatic heterocycles. The van der Waals surface area contributed by atoms with Gasteiger partial charge in [-0.05, 0) is 59.0 Å². The van der Waals surface area contributed by atoms with Crippen molar-refractivity contribution in [3.05, 3.63) is 74.8 Å². The Morgan fingerprint density at radius 2 is 1.43 bits per heavy atom. The summed E-state index contributed by atoms with van der Waals surface area (Å²) in [4.78, 5) is 0. The second-order valence-electron chi connectivity index (χ2n) is 4.99. The number of aromatic nitrogens is 1. The van der Waals surface area contributed by atoms with Gasteiger partial charge >= 0.3 is 0 Å². The number of hydrogen-bond donors (Lipinski definition) is 0. The first-order chi connectivity index (χ1) is 10.2. The zero-order valence-electron chi connectivity index (χ0n) is 11.1. The molecule has 0 saturated carbocycles. The average molecular weight is 448 g/mol. The fraction of sp³-hybridized carbons (Fsp3) is 0. The minimum absolute atomic E-state index is 1.10. The molecule has 0 N–H and O–H groups in total. The number of fused-ring (bicyclic) bond motifs is 3. The molecule has 21 heavy (non-hydrogen) atoms. The van der Waals surface area contributed by atoms with Crippen molar-refractivity contribution < 1.29 is 0 Å². The third-order valence-corrected chi connectivity index (χ3v) is 4.87. The summed E-state index contributed by atoms with van der Waals surface area (Å²) >= 11 is 5.97. The summed E-state index contributed by atoms with van der Waals surface area (Å²) < 4.78 is 4.68. The number of nitrogens with zero attached hydrogens (tertiary/aromatic N) is 1. The Hall–Kier alpha value is -1.33. The fourth-order valence-corrected chi connectivity index (χ4v) is 3.64. The van der Waals surface area contributed by atoms with Gasteiger partial charge in [0.15, 0.2) is 0 Å². The zero-order valence-corrected chi connectivity index (χ0v) is 14.8. The van der Waals surface area contributed by atoms with Crippen LogP contribution in [0, 0.1) is 3.57 Å². The van der Waals surface area contributed by atoms with E-state index in [1.54, 1.807) is 0 Å². The Morgan fingerprint density at radius 1 is 0.762 bits per heavy atom. The molecule has 3 heteroatoms. The van der Waals surface area contributed by atoms with Gasteiger partial charge in [-0.1, -0.05) is 46.3 Å². The Balaban J connectivity index is 2.24. The molecule has 4 rings (SSSR count). The van der Waals surface area contributed by atoms with Crippen LogP contribution in [0.4, 0.5) is 0 Å². The first-order valence-electron chi connectivity index (χ1n) is 6.69. The molecule has 0 bridgehead atoms. The Morgan fingerprint density at radius 3 is 2.19 bits per heavy atom. The maximum Gasteiger partial charge on any atom is 0.0552 e. The monoisotopic (exact) mass is 447 g/mol. The second-order valence-corrected chi connectivity index (χ2v) is 7.16. The largest absolute Gasteiger partial charge is 0.309 e. The van der Waals surface area contributed by atoms with Crippen LogP contribution in [0.25, 0.3) is 27.5 Å². The first kappa shape index (κ1) is 13.3. The quantitative estimate of drug-likeness (QED) is 0.308. The molecule has 0 unspecified atom stereocenters. The van der Waals surface area contributed by atoms with Crippen LogP contribution >= 0.6 is 38.5 Å². The molecule has 0 fully saturated rings. The highest BCUT2D eigenvalue weighted by Crippen LogP contribution is 2.34. The molecule has 0 amide bonds. The lowest BCUT2D eigenvalue weighted by atomic mass is 10.2. The standard InChI is InChI=1S/C18H11BrIN/c19-12-6-8-15-16-9-7-13(20)11-18(16)21(17(15)10-12)14-4-2-1-3-5-14/h1-11H. The van der Waals surface area contributed by atoms with Gasteiger partial charge in [0, 0.05) is 24.5 Å². The highest BCUT2D eigenvalue weighted by atomic mass is 127. The normalized spacial score (nSPS) is 11.3. The van der Waals surface area contributed by atoms with Crippen molar-refractivity contribution in [1.82, 2.24) is 4.57 Å². The van der Waals surface area contributed by atoms with Gasteiger partial charge in [0.05, 0.1) is 11.0 Å². The van der Waals surface area contributed by atoms with Gasteiger partial charge in [-0.25, -0.2) is 0 Å². The number of rotatable bonds is 1. The van der Waals surface area contributed by atoms with Crippen LogP contribution in [-0.2, 0) is 0 Å². The number of para-hydroxylation sites is 1. The molecular weight excluding hydrogens is 437 g/mol. The third-order valence-electron chi connectivity index (χ3n) is 3.71. The molecular formula is C18H11BrIN. The van der Waals surface area contributed by atoms with Crippen molar-refractivity contribution in [2.24, 2.45) is 0 Å². The van der Waals surface area contributed by atoms with Crippen molar-refractivity contribution in [3.8, 4) is 5.69 Å². The zero-order chi connectivity index (χ0) is 14.4. The summed E-state index contributed by atoms with van der Waals surface area (Å²) in [5, 5.41) is 2.58. The van der Waals surface area contributed by atoms with Crippen LogP contribution in [-0.4, -0.2) is 4.57 Å². The lowest BCUT2D eigenvalue weighted by molar-refractivity contribution is 1.18. The van der Waals surface area contributed by atoms with E-state index in [0.29, 0.717) is 0 Å². The first-order valence-corrected chi connectivity index (χ1v) is 8.56. The van der Waals surface area contributed by atoms with E-state index >= 15 is 0 Å². The van der Waals surface area contributed by atoms with Crippen molar-refractivity contribution in [2.45, 2.75) is 0 Å². The topological polar surface area (TPSA) is 4.93 Å². The summed E-state index contributed by atoms with van der Waals surface area (Å²) in [5.41, 5.74) is 3.67. The van der Waals surface area contributed by atoms with Crippen molar-refractivity contribution in [3.63, 3.8) is 0 Å². The Bertz CT molecular complexity index is 898. The van der Waals surface area contributed by atoms with E-state index in [2.05, 4.69) is 110 Å². The molecule has 1 nitrogen and oxygen atoms in total. The predicted molar refractivity (Wildman–Crippen MR) is 101 cm³/mol.